The van der Waals surface area contributed by atoms with E-state index in [1.165, 1.54) is 0 Å². The minimum atomic E-state index is -0.753. The van der Waals surface area contributed by atoms with Gasteiger partial charge in [0.25, 0.3) is 0 Å². The third kappa shape index (κ3) is 5.01. The molecule has 0 aliphatic heterocycles. The Morgan fingerprint density at radius 2 is 1.31 bits per heavy atom. The second-order valence-electron chi connectivity index (χ2n) is 5.52. The maximum Gasteiger partial charge on any atom is 0.352 e. The third-order valence-corrected chi connectivity index (χ3v) is 3.73. The van der Waals surface area contributed by atoms with Gasteiger partial charge in [-0.2, -0.15) is 0 Å². The molecule has 0 fully saturated rings. The van der Waals surface area contributed by atoms with Crippen LogP contribution in [-0.2, 0) is 4.79 Å². The fourth-order valence-electron chi connectivity index (χ4n) is 2.16. The minimum absolute atomic E-state index is 0.418. The molecule has 0 aromatic heterocycles. The number of hydrogen-bond acceptors (Lipinski definition) is 4. The van der Waals surface area contributed by atoms with E-state index in [2.05, 4.69) is 0 Å². The number of esters is 1. The number of ether oxygens (including phenoxy) is 3. The van der Waals surface area contributed by atoms with Gasteiger partial charge in [-0.1, -0.05) is 29.8 Å². The molecule has 0 saturated heterocycles. The van der Waals surface area contributed by atoms with Gasteiger partial charge in [0.05, 0.1) is 0 Å². The van der Waals surface area contributed by atoms with Crippen LogP contribution in [0.1, 0.15) is 6.92 Å². The highest BCUT2D eigenvalue weighted by Gasteiger charge is 2.17. The van der Waals surface area contributed by atoms with E-state index in [9.17, 15) is 4.79 Å². The van der Waals surface area contributed by atoms with Crippen molar-refractivity contribution in [3.63, 3.8) is 0 Å². The van der Waals surface area contributed by atoms with Crippen molar-refractivity contribution in [2.45, 2.75) is 13.0 Å². The zero-order valence-electron chi connectivity index (χ0n) is 14.1. The van der Waals surface area contributed by atoms with Gasteiger partial charge in [0.15, 0.2) is 6.10 Å². The summed E-state index contributed by atoms with van der Waals surface area (Å²) in [7, 11) is 0. The van der Waals surface area contributed by atoms with E-state index in [1.54, 1.807) is 55.5 Å². The largest absolute Gasteiger partial charge is 0.479 e. The topological polar surface area (TPSA) is 44.8 Å². The number of hydrogen-bond donors (Lipinski definition) is 0. The van der Waals surface area contributed by atoms with E-state index < -0.39 is 12.1 Å². The molecule has 0 bridgehead atoms. The van der Waals surface area contributed by atoms with Gasteiger partial charge in [-0.15, -0.1) is 0 Å². The van der Waals surface area contributed by atoms with Crippen LogP contribution in [0, 0.1) is 0 Å². The van der Waals surface area contributed by atoms with Crippen molar-refractivity contribution in [2.24, 2.45) is 0 Å². The molecule has 3 aromatic carbocycles. The Kier molecular flexibility index (Phi) is 5.77. The van der Waals surface area contributed by atoms with Crippen molar-refractivity contribution in [3.8, 4) is 23.0 Å². The molecular formula is C21H17ClO4. The molecule has 0 radical (unpaired) electrons. The van der Waals surface area contributed by atoms with Crippen LogP contribution in [0.25, 0.3) is 0 Å². The fraction of sp³-hybridized carbons (Fsp3) is 0.0952. The number of para-hydroxylation sites is 1. The summed E-state index contributed by atoms with van der Waals surface area (Å²) in [5.74, 6) is 1.87. The molecule has 3 aromatic rings. The molecule has 3 rings (SSSR count). The molecule has 0 aliphatic rings. The molecule has 0 saturated carbocycles. The van der Waals surface area contributed by atoms with Crippen LogP contribution >= 0.6 is 11.6 Å². The quantitative estimate of drug-likeness (QED) is 0.425. The maximum absolute atomic E-state index is 12.2. The van der Waals surface area contributed by atoms with Gasteiger partial charge in [-0.3, -0.25) is 0 Å². The molecule has 0 heterocycles. The van der Waals surface area contributed by atoms with E-state index >= 15 is 0 Å². The molecule has 0 amide bonds. The molecule has 0 N–H and O–H groups in total. The second kappa shape index (κ2) is 8.41. The SMILES string of the molecule is CC(Oc1ccc(Cl)cc1)C(=O)Oc1ccc(Oc2ccccc2)cc1. The minimum Gasteiger partial charge on any atom is -0.479 e. The smallest absolute Gasteiger partial charge is 0.352 e. The first-order valence-electron chi connectivity index (χ1n) is 8.07. The summed E-state index contributed by atoms with van der Waals surface area (Å²) in [5, 5.41) is 0.602. The average molecular weight is 369 g/mol. The summed E-state index contributed by atoms with van der Waals surface area (Å²) in [6.07, 6.45) is -0.753. The van der Waals surface area contributed by atoms with Gasteiger partial charge < -0.3 is 14.2 Å². The lowest BCUT2D eigenvalue weighted by molar-refractivity contribution is -0.141. The summed E-state index contributed by atoms with van der Waals surface area (Å²) in [6, 6.07) is 23.0. The summed E-state index contributed by atoms with van der Waals surface area (Å²) >= 11 is 5.82. The monoisotopic (exact) mass is 368 g/mol. The summed E-state index contributed by atoms with van der Waals surface area (Å²) in [4.78, 5) is 12.2. The van der Waals surface area contributed by atoms with Gasteiger partial charge >= 0.3 is 5.97 Å². The average Bonchev–Trinajstić information content (AvgIpc) is 2.66. The molecular weight excluding hydrogens is 352 g/mol. The Morgan fingerprint density at radius 1 is 0.769 bits per heavy atom. The predicted molar refractivity (Wildman–Crippen MR) is 100 cm³/mol. The summed E-state index contributed by atoms with van der Waals surface area (Å²) < 4.78 is 16.6. The Morgan fingerprint density at radius 3 is 1.96 bits per heavy atom. The van der Waals surface area contributed by atoms with E-state index in [-0.39, 0.29) is 0 Å². The van der Waals surface area contributed by atoms with Crippen LogP contribution in [0.3, 0.4) is 0 Å². The molecule has 26 heavy (non-hydrogen) atoms. The van der Waals surface area contributed by atoms with E-state index in [1.807, 2.05) is 30.3 Å². The van der Waals surface area contributed by atoms with Gasteiger partial charge in [-0.25, -0.2) is 4.79 Å². The van der Waals surface area contributed by atoms with Crippen LogP contribution in [0.2, 0.25) is 5.02 Å². The van der Waals surface area contributed by atoms with Gasteiger partial charge in [0.2, 0.25) is 0 Å². The first-order chi connectivity index (χ1) is 12.6. The van der Waals surface area contributed by atoms with Gasteiger partial charge in [0.1, 0.15) is 23.0 Å². The first-order valence-corrected chi connectivity index (χ1v) is 8.45. The van der Waals surface area contributed by atoms with Crippen LogP contribution in [0.15, 0.2) is 78.9 Å². The normalized spacial score (nSPS) is 11.5. The Hall–Kier alpha value is -2.98. The molecule has 4 nitrogen and oxygen atoms in total. The number of rotatable bonds is 6. The number of carbonyl (C=O) groups excluding carboxylic acids is 1. The number of carbonyl (C=O) groups is 1. The lowest BCUT2D eigenvalue weighted by Crippen LogP contribution is -2.28. The Labute approximate surface area is 156 Å². The second-order valence-corrected chi connectivity index (χ2v) is 5.96. The zero-order chi connectivity index (χ0) is 18.4. The van der Waals surface area contributed by atoms with Crippen molar-refractivity contribution in [1.82, 2.24) is 0 Å². The number of halogens is 1. The Balaban J connectivity index is 1.56. The lowest BCUT2D eigenvalue weighted by Gasteiger charge is -2.14. The summed E-state index contributed by atoms with van der Waals surface area (Å²) in [6.45, 7) is 1.63. The van der Waals surface area contributed by atoms with E-state index in [0.717, 1.165) is 5.75 Å². The van der Waals surface area contributed by atoms with Crippen LogP contribution in [-0.4, -0.2) is 12.1 Å². The molecule has 0 spiro atoms. The van der Waals surface area contributed by atoms with E-state index in [4.69, 9.17) is 25.8 Å². The molecule has 132 valence electrons. The third-order valence-electron chi connectivity index (χ3n) is 3.48. The molecule has 5 heteroatoms. The van der Waals surface area contributed by atoms with Crippen molar-refractivity contribution in [2.75, 3.05) is 0 Å². The first kappa shape index (κ1) is 17.8. The molecule has 1 unspecified atom stereocenters. The Bertz CT molecular complexity index is 845. The van der Waals surface area contributed by atoms with Crippen molar-refractivity contribution in [3.05, 3.63) is 83.9 Å². The van der Waals surface area contributed by atoms with Crippen molar-refractivity contribution < 1.29 is 19.0 Å². The van der Waals surface area contributed by atoms with Gasteiger partial charge in [-0.05, 0) is 67.6 Å². The highest BCUT2D eigenvalue weighted by molar-refractivity contribution is 6.30. The van der Waals surface area contributed by atoms with Crippen molar-refractivity contribution in [1.29, 1.82) is 0 Å². The molecule has 1 atom stereocenters. The highest BCUT2D eigenvalue weighted by atomic mass is 35.5. The number of benzene rings is 3. The predicted octanol–water partition coefficient (Wildman–Crippen LogP) is 5.51. The van der Waals surface area contributed by atoms with Crippen LogP contribution in [0.5, 0.6) is 23.0 Å². The standard InChI is InChI=1S/C21H17ClO4/c1-15(24-18-9-7-16(22)8-10-18)21(23)26-20-13-11-19(12-14-20)25-17-5-3-2-4-6-17/h2-15H,1H3. The van der Waals surface area contributed by atoms with Crippen LogP contribution in [0.4, 0.5) is 0 Å². The summed E-state index contributed by atoms with van der Waals surface area (Å²) in [5.41, 5.74) is 0. The van der Waals surface area contributed by atoms with Crippen LogP contribution < -0.4 is 14.2 Å². The highest BCUT2D eigenvalue weighted by Crippen LogP contribution is 2.24. The van der Waals surface area contributed by atoms with Gasteiger partial charge in [0, 0.05) is 5.02 Å². The fourth-order valence-corrected chi connectivity index (χ4v) is 2.29. The lowest BCUT2D eigenvalue weighted by atomic mass is 10.3. The maximum atomic E-state index is 12.2. The molecule has 0 aliphatic carbocycles. The van der Waals surface area contributed by atoms with Crippen molar-refractivity contribution >= 4 is 17.6 Å². The zero-order valence-corrected chi connectivity index (χ0v) is 14.8. The van der Waals surface area contributed by atoms with E-state index in [0.29, 0.717) is 22.3 Å².